The Morgan fingerprint density at radius 3 is 2.07 bits per heavy atom. The van der Waals surface area contributed by atoms with Gasteiger partial charge in [0.25, 0.3) is 17.5 Å². The van der Waals surface area contributed by atoms with Gasteiger partial charge in [-0.1, -0.05) is 12.1 Å². The Hall–Kier alpha value is -3.75. The second-order valence-corrected chi connectivity index (χ2v) is 6.86. The molecular formula is C20H19N3O6. The molecule has 3 rings (SSSR count). The van der Waals surface area contributed by atoms with E-state index >= 15 is 0 Å². The van der Waals surface area contributed by atoms with Crippen LogP contribution in [-0.4, -0.2) is 40.3 Å². The van der Waals surface area contributed by atoms with Crippen molar-refractivity contribution in [3.8, 4) is 5.75 Å². The summed E-state index contributed by atoms with van der Waals surface area (Å²) in [5.41, 5.74) is 2.13. The number of nitrogens with zero attached hydrogens (tertiary/aromatic N) is 2. The molecule has 1 aliphatic rings. The second-order valence-electron chi connectivity index (χ2n) is 6.86. The van der Waals surface area contributed by atoms with Crippen molar-refractivity contribution in [2.24, 2.45) is 0 Å². The van der Waals surface area contributed by atoms with Gasteiger partial charge in [-0.15, -0.1) is 0 Å². The summed E-state index contributed by atoms with van der Waals surface area (Å²) in [6.07, 6.45) is -0.796. The summed E-state index contributed by atoms with van der Waals surface area (Å²) in [5, 5.41) is 13.2. The van der Waals surface area contributed by atoms with Crippen molar-refractivity contribution in [3.63, 3.8) is 0 Å². The molecule has 1 N–H and O–H groups in total. The van der Waals surface area contributed by atoms with Crippen LogP contribution in [0.2, 0.25) is 0 Å². The Labute approximate surface area is 166 Å². The van der Waals surface area contributed by atoms with Gasteiger partial charge in [0.2, 0.25) is 0 Å². The van der Waals surface area contributed by atoms with Crippen molar-refractivity contribution >= 4 is 23.6 Å². The molecule has 9 heteroatoms. The van der Waals surface area contributed by atoms with Crippen molar-refractivity contribution in [1.29, 1.82) is 0 Å². The number of benzene rings is 2. The Kier molecular flexibility index (Phi) is 5.31. The zero-order valence-electron chi connectivity index (χ0n) is 16.1. The van der Waals surface area contributed by atoms with Crippen LogP contribution in [0.25, 0.3) is 0 Å². The van der Waals surface area contributed by atoms with E-state index in [1.807, 2.05) is 0 Å². The summed E-state index contributed by atoms with van der Waals surface area (Å²) in [5.74, 6) is -0.639. The number of non-ortho nitro benzene ring substituents is 1. The molecule has 0 saturated carbocycles. The van der Waals surface area contributed by atoms with Crippen LogP contribution in [0.3, 0.4) is 0 Å². The van der Waals surface area contributed by atoms with E-state index in [0.717, 1.165) is 16.0 Å². The molecule has 150 valence electrons. The van der Waals surface area contributed by atoms with Gasteiger partial charge in [-0.2, -0.15) is 0 Å². The average Bonchev–Trinajstić information content (AvgIpc) is 2.91. The number of rotatable bonds is 5. The monoisotopic (exact) mass is 397 g/mol. The summed E-state index contributed by atoms with van der Waals surface area (Å²) in [7, 11) is 0. The highest BCUT2D eigenvalue weighted by atomic mass is 16.6. The standard InChI is InChI=1S/C20H19N3O6/c1-11-4-5-12(2)17-16(11)18(24)22(19(17)25)10-13(3)21-20(26)29-15-8-6-14(7-9-15)23(27)28/h4-9,13H,10H2,1-3H3,(H,21,26)/t13-/m1/s1. The van der Waals surface area contributed by atoms with E-state index < -0.39 is 17.1 Å². The lowest BCUT2D eigenvalue weighted by atomic mass is 9.99. The molecule has 9 nitrogen and oxygen atoms in total. The summed E-state index contributed by atoms with van der Waals surface area (Å²) >= 11 is 0. The van der Waals surface area contributed by atoms with E-state index in [0.29, 0.717) is 11.1 Å². The molecule has 0 radical (unpaired) electrons. The lowest BCUT2D eigenvalue weighted by Gasteiger charge is -2.20. The van der Waals surface area contributed by atoms with Crippen LogP contribution >= 0.6 is 0 Å². The van der Waals surface area contributed by atoms with Crippen molar-refractivity contribution in [3.05, 3.63) is 68.8 Å². The zero-order valence-corrected chi connectivity index (χ0v) is 16.1. The number of imide groups is 1. The Bertz CT molecular complexity index is 975. The maximum atomic E-state index is 12.7. The van der Waals surface area contributed by atoms with Gasteiger partial charge in [-0.05, 0) is 44.0 Å². The fourth-order valence-corrected chi connectivity index (χ4v) is 3.18. The van der Waals surface area contributed by atoms with Crippen molar-refractivity contribution < 1.29 is 24.0 Å². The number of nitro groups is 1. The van der Waals surface area contributed by atoms with Crippen LogP contribution in [0.4, 0.5) is 10.5 Å². The molecule has 0 aliphatic carbocycles. The first-order valence-corrected chi connectivity index (χ1v) is 8.88. The SMILES string of the molecule is Cc1ccc(C)c2c1C(=O)N(C[C@@H](C)NC(=O)Oc1ccc([N+](=O)[O-])cc1)C2=O. The van der Waals surface area contributed by atoms with Gasteiger partial charge in [0.1, 0.15) is 5.75 Å². The second kappa shape index (κ2) is 7.70. The normalized spacial score (nSPS) is 13.8. The number of amides is 3. The largest absolute Gasteiger partial charge is 0.412 e. The minimum Gasteiger partial charge on any atom is -0.410 e. The molecule has 29 heavy (non-hydrogen) atoms. The molecule has 0 fully saturated rings. The van der Waals surface area contributed by atoms with E-state index in [1.165, 1.54) is 24.3 Å². The smallest absolute Gasteiger partial charge is 0.410 e. The van der Waals surface area contributed by atoms with E-state index in [2.05, 4.69) is 5.32 Å². The van der Waals surface area contributed by atoms with Crippen molar-refractivity contribution in [1.82, 2.24) is 10.2 Å². The minimum atomic E-state index is -0.796. The van der Waals surface area contributed by atoms with Gasteiger partial charge in [0, 0.05) is 24.7 Å². The lowest BCUT2D eigenvalue weighted by molar-refractivity contribution is -0.384. The predicted octanol–water partition coefficient (Wildman–Crippen LogP) is 2.98. The summed E-state index contributed by atoms with van der Waals surface area (Å²) in [6, 6.07) is 8.07. The van der Waals surface area contributed by atoms with E-state index in [1.54, 1.807) is 32.9 Å². The molecule has 3 amide bonds. The van der Waals surface area contributed by atoms with Crippen LogP contribution in [0.5, 0.6) is 5.75 Å². The average molecular weight is 397 g/mol. The number of hydrogen-bond acceptors (Lipinski definition) is 6. The van der Waals surface area contributed by atoms with Crippen molar-refractivity contribution in [2.45, 2.75) is 26.8 Å². The molecule has 0 spiro atoms. The van der Waals surface area contributed by atoms with Gasteiger partial charge in [0.15, 0.2) is 0 Å². The number of aryl methyl sites for hydroxylation is 2. The molecule has 1 heterocycles. The molecule has 0 aromatic heterocycles. The molecular weight excluding hydrogens is 378 g/mol. The molecule has 1 atom stereocenters. The van der Waals surface area contributed by atoms with Gasteiger partial charge in [-0.25, -0.2) is 4.79 Å². The van der Waals surface area contributed by atoms with Crippen molar-refractivity contribution in [2.75, 3.05) is 6.54 Å². The van der Waals surface area contributed by atoms with Crippen LogP contribution in [0.15, 0.2) is 36.4 Å². The van der Waals surface area contributed by atoms with Crippen LogP contribution in [0.1, 0.15) is 38.8 Å². The zero-order chi connectivity index (χ0) is 21.3. The number of carbonyl (C=O) groups is 3. The Balaban J connectivity index is 1.63. The predicted molar refractivity (Wildman–Crippen MR) is 103 cm³/mol. The first-order chi connectivity index (χ1) is 13.7. The Morgan fingerprint density at radius 2 is 1.59 bits per heavy atom. The van der Waals surface area contributed by atoms with Crippen LogP contribution in [-0.2, 0) is 0 Å². The highest BCUT2D eigenvalue weighted by Gasteiger charge is 2.38. The topological polar surface area (TPSA) is 119 Å². The number of hydrogen-bond donors (Lipinski definition) is 1. The quantitative estimate of drug-likeness (QED) is 0.471. The summed E-state index contributed by atoms with van der Waals surface area (Å²) in [6.45, 7) is 5.17. The Morgan fingerprint density at radius 1 is 1.07 bits per heavy atom. The minimum absolute atomic E-state index is 0.0133. The van der Waals surface area contributed by atoms with E-state index in [-0.39, 0.29) is 29.8 Å². The number of carbonyl (C=O) groups excluding carboxylic acids is 3. The number of fused-ring (bicyclic) bond motifs is 1. The van der Waals surface area contributed by atoms with Gasteiger partial charge in [0.05, 0.1) is 16.1 Å². The molecule has 2 aromatic carbocycles. The molecule has 2 aromatic rings. The third-order valence-corrected chi connectivity index (χ3v) is 4.62. The molecule has 0 saturated heterocycles. The number of nitro benzene ring substituents is 1. The molecule has 1 aliphatic heterocycles. The third kappa shape index (κ3) is 3.93. The molecule has 0 bridgehead atoms. The van der Waals surface area contributed by atoms with Gasteiger partial charge < -0.3 is 10.1 Å². The first-order valence-electron chi connectivity index (χ1n) is 8.88. The van der Waals surface area contributed by atoms with Gasteiger partial charge >= 0.3 is 6.09 Å². The van der Waals surface area contributed by atoms with Crippen LogP contribution in [0, 0.1) is 24.0 Å². The maximum Gasteiger partial charge on any atom is 0.412 e. The number of nitrogens with one attached hydrogen (secondary N) is 1. The number of ether oxygens (including phenoxy) is 1. The third-order valence-electron chi connectivity index (χ3n) is 4.62. The fraction of sp³-hybridized carbons (Fsp3) is 0.250. The van der Waals surface area contributed by atoms with E-state index in [9.17, 15) is 24.5 Å². The van der Waals surface area contributed by atoms with Crippen LogP contribution < -0.4 is 10.1 Å². The van der Waals surface area contributed by atoms with Gasteiger partial charge in [-0.3, -0.25) is 24.6 Å². The maximum absolute atomic E-state index is 12.7. The fourth-order valence-electron chi connectivity index (χ4n) is 3.18. The highest BCUT2D eigenvalue weighted by Crippen LogP contribution is 2.28. The molecule has 0 unspecified atom stereocenters. The highest BCUT2D eigenvalue weighted by molar-refractivity contribution is 6.22. The summed E-state index contributed by atoms with van der Waals surface area (Å²) in [4.78, 5) is 48.6. The lowest BCUT2D eigenvalue weighted by Crippen LogP contribution is -2.45. The van der Waals surface area contributed by atoms with E-state index in [4.69, 9.17) is 4.74 Å². The first kappa shape index (κ1) is 20.0. The summed E-state index contributed by atoms with van der Waals surface area (Å²) < 4.78 is 5.08.